The number of pyridine rings is 1. The summed E-state index contributed by atoms with van der Waals surface area (Å²) in [5.74, 6) is 1.26. The van der Waals surface area contributed by atoms with Crippen LogP contribution in [-0.4, -0.2) is 52.2 Å². The zero-order chi connectivity index (χ0) is 30.0. The average molecular weight is 596 g/mol. The fourth-order valence-corrected chi connectivity index (χ4v) is 5.29. The molecule has 1 aliphatic rings. The molecular weight excluding hydrogens is 555 g/mol. The number of aryl methyl sites for hydroxylation is 1. The van der Waals surface area contributed by atoms with Gasteiger partial charge in [0, 0.05) is 44.1 Å². The SMILES string of the molecule is CCCN(CCC(C)CCc1cncc(OC2CCC(Nc3ccc([N+](=O)[O-])c(C(F)(F)F)c3)CC2)c1)C(=S)NC. The van der Waals surface area contributed by atoms with E-state index in [-0.39, 0.29) is 17.8 Å². The zero-order valence-electron chi connectivity index (χ0n) is 23.9. The Morgan fingerprint density at radius 1 is 1.20 bits per heavy atom. The lowest BCUT2D eigenvalue weighted by Crippen LogP contribution is -2.39. The number of nitro benzene ring substituents is 1. The highest BCUT2D eigenvalue weighted by atomic mass is 32.1. The summed E-state index contributed by atoms with van der Waals surface area (Å²) in [5.41, 5.74) is -0.846. The van der Waals surface area contributed by atoms with Gasteiger partial charge in [0.05, 0.1) is 17.2 Å². The van der Waals surface area contributed by atoms with E-state index in [1.165, 1.54) is 6.07 Å². The van der Waals surface area contributed by atoms with Gasteiger partial charge in [0.25, 0.3) is 5.69 Å². The number of halogens is 3. The molecule has 3 rings (SSSR count). The van der Waals surface area contributed by atoms with Crippen LogP contribution in [0.15, 0.2) is 36.7 Å². The van der Waals surface area contributed by atoms with E-state index in [0.717, 1.165) is 80.2 Å². The van der Waals surface area contributed by atoms with Crippen LogP contribution in [0, 0.1) is 16.0 Å². The Hall–Kier alpha value is -3.15. The largest absolute Gasteiger partial charge is 0.489 e. The highest BCUT2D eigenvalue weighted by Crippen LogP contribution is 2.38. The quantitative estimate of drug-likeness (QED) is 0.146. The van der Waals surface area contributed by atoms with Crippen molar-refractivity contribution in [3.05, 3.63) is 57.9 Å². The van der Waals surface area contributed by atoms with Crippen molar-refractivity contribution in [2.45, 2.75) is 83.5 Å². The predicted octanol–water partition coefficient (Wildman–Crippen LogP) is 6.99. The number of alkyl halides is 3. The Labute approximate surface area is 245 Å². The van der Waals surface area contributed by atoms with E-state index in [4.69, 9.17) is 17.0 Å². The molecule has 1 aliphatic carbocycles. The summed E-state index contributed by atoms with van der Waals surface area (Å²) in [6.07, 6.45) is 5.72. The first-order valence-electron chi connectivity index (χ1n) is 14.2. The third-order valence-corrected chi connectivity index (χ3v) is 7.89. The minimum absolute atomic E-state index is 0.00724. The van der Waals surface area contributed by atoms with Crippen LogP contribution < -0.4 is 15.4 Å². The molecule has 0 aliphatic heterocycles. The highest BCUT2D eigenvalue weighted by molar-refractivity contribution is 7.80. The average Bonchev–Trinajstić information content (AvgIpc) is 2.94. The van der Waals surface area contributed by atoms with Gasteiger partial charge in [-0.1, -0.05) is 13.8 Å². The molecule has 0 radical (unpaired) electrons. The number of hydrogen-bond acceptors (Lipinski definition) is 6. The molecule has 1 atom stereocenters. The van der Waals surface area contributed by atoms with Crippen LogP contribution in [0.25, 0.3) is 0 Å². The molecule has 0 bridgehead atoms. The molecule has 1 aromatic heterocycles. The van der Waals surface area contributed by atoms with Crippen molar-refractivity contribution in [3.63, 3.8) is 0 Å². The number of hydrogen-bond donors (Lipinski definition) is 2. The van der Waals surface area contributed by atoms with Gasteiger partial charge in [-0.3, -0.25) is 15.1 Å². The molecule has 0 spiro atoms. The Balaban J connectivity index is 1.46. The van der Waals surface area contributed by atoms with E-state index in [1.54, 1.807) is 6.20 Å². The summed E-state index contributed by atoms with van der Waals surface area (Å²) < 4.78 is 46.1. The van der Waals surface area contributed by atoms with E-state index < -0.39 is 22.4 Å². The lowest BCUT2D eigenvalue weighted by molar-refractivity contribution is -0.388. The standard InChI is InChI=1S/C29H40F3N5O3S/c1-4-14-36(28(41)33-3)15-13-20(2)5-6-21-16-25(19-34-18-21)40-24-10-7-22(8-11-24)35-23-9-12-27(37(38)39)26(17-23)29(30,31)32/h9,12,16-20,22,24,35H,4-8,10-11,13-15H2,1-3H3,(H,33,41). The van der Waals surface area contributed by atoms with Gasteiger partial charge in [-0.2, -0.15) is 13.2 Å². The van der Waals surface area contributed by atoms with Gasteiger partial charge in [0.15, 0.2) is 5.11 Å². The van der Waals surface area contributed by atoms with Crippen LogP contribution in [0.5, 0.6) is 5.75 Å². The van der Waals surface area contributed by atoms with E-state index in [1.807, 2.05) is 19.3 Å². The number of aromatic nitrogens is 1. The van der Waals surface area contributed by atoms with Crippen LogP contribution in [0.4, 0.5) is 24.5 Å². The summed E-state index contributed by atoms with van der Waals surface area (Å²) in [6.45, 7) is 6.29. The maximum Gasteiger partial charge on any atom is 0.423 e. The van der Waals surface area contributed by atoms with E-state index in [9.17, 15) is 23.3 Å². The van der Waals surface area contributed by atoms with Crippen LogP contribution in [0.2, 0.25) is 0 Å². The molecule has 0 saturated heterocycles. The van der Waals surface area contributed by atoms with Crippen molar-refractivity contribution in [2.24, 2.45) is 5.92 Å². The van der Waals surface area contributed by atoms with Crippen LogP contribution in [0.3, 0.4) is 0 Å². The second-order valence-electron chi connectivity index (χ2n) is 10.7. The smallest absolute Gasteiger partial charge is 0.423 e. The van der Waals surface area contributed by atoms with Gasteiger partial charge in [-0.05, 0) is 93.3 Å². The normalized spacial score (nSPS) is 17.9. The summed E-state index contributed by atoms with van der Waals surface area (Å²) in [6, 6.07) is 5.04. The molecule has 8 nitrogen and oxygen atoms in total. The fourth-order valence-electron chi connectivity index (χ4n) is 5.11. The fraction of sp³-hybridized carbons (Fsp3) is 0.586. The Morgan fingerprint density at radius 3 is 2.56 bits per heavy atom. The summed E-state index contributed by atoms with van der Waals surface area (Å²) in [7, 11) is 1.86. The monoisotopic (exact) mass is 595 g/mol. The lowest BCUT2D eigenvalue weighted by Gasteiger charge is -2.30. The van der Waals surface area contributed by atoms with Crippen molar-refractivity contribution >= 4 is 28.7 Å². The molecule has 12 heteroatoms. The predicted molar refractivity (Wildman–Crippen MR) is 158 cm³/mol. The minimum atomic E-state index is -4.80. The number of benzene rings is 1. The number of rotatable bonds is 13. The van der Waals surface area contributed by atoms with Crippen molar-refractivity contribution in [1.82, 2.24) is 15.2 Å². The van der Waals surface area contributed by atoms with E-state index in [2.05, 4.69) is 34.4 Å². The molecule has 1 unspecified atom stereocenters. The Morgan fingerprint density at radius 2 is 1.93 bits per heavy atom. The molecule has 41 heavy (non-hydrogen) atoms. The van der Waals surface area contributed by atoms with Crippen LogP contribution >= 0.6 is 12.2 Å². The second kappa shape index (κ2) is 15.2. The number of nitrogens with zero attached hydrogens (tertiary/aromatic N) is 3. The topological polar surface area (TPSA) is 92.6 Å². The number of thiocarbonyl (C=S) groups is 1. The third kappa shape index (κ3) is 10.0. The number of nitrogens with one attached hydrogen (secondary N) is 2. The molecule has 1 heterocycles. The minimum Gasteiger partial charge on any atom is -0.489 e. The number of anilines is 1. The first-order valence-corrected chi connectivity index (χ1v) is 14.6. The van der Waals surface area contributed by atoms with Crippen molar-refractivity contribution in [2.75, 3.05) is 25.5 Å². The molecule has 2 N–H and O–H groups in total. The van der Waals surface area contributed by atoms with Gasteiger partial charge in [-0.25, -0.2) is 0 Å². The molecule has 1 fully saturated rings. The first-order chi connectivity index (χ1) is 19.5. The third-order valence-electron chi connectivity index (χ3n) is 7.43. The van der Waals surface area contributed by atoms with Gasteiger partial charge in [0.2, 0.25) is 0 Å². The number of ether oxygens (including phenoxy) is 1. The van der Waals surface area contributed by atoms with Crippen molar-refractivity contribution < 1.29 is 22.8 Å². The van der Waals surface area contributed by atoms with Gasteiger partial charge < -0.3 is 20.3 Å². The maximum absolute atomic E-state index is 13.3. The molecule has 2 aromatic rings. The lowest BCUT2D eigenvalue weighted by atomic mass is 9.92. The second-order valence-corrected chi connectivity index (χ2v) is 11.1. The molecule has 1 aromatic carbocycles. The summed E-state index contributed by atoms with van der Waals surface area (Å²) in [5, 5.41) is 18.0. The molecule has 0 amide bonds. The maximum atomic E-state index is 13.3. The number of nitro groups is 1. The van der Waals surface area contributed by atoms with E-state index in [0.29, 0.717) is 18.8 Å². The zero-order valence-corrected chi connectivity index (χ0v) is 24.7. The van der Waals surface area contributed by atoms with Crippen LogP contribution in [0.1, 0.15) is 69.9 Å². The first kappa shape index (κ1) is 32.4. The highest BCUT2D eigenvalue weighted by Gasteiger charge is 2.38. The van der Waals surface area contributed by atoms with Crippen molar-refractivity contribution in [3.8, 4) is 5.75 Å². The Bertz CT molecular complexity index is 1160. The Kier molecular flexibility index (Phi) is 12.0. The summed E-state index contributed by atoms with van der Waals surface area (Å²) in [4.78, 5) is 16.6. The molecule has 226 valence electrons. The van der Waals surface area contributed by atoms with Gasteiger partial charge in [0.1, 0.15) is 11.3 Å². The molecule has 1 saturated carbocycles. The molecular formula is C29H40F3N5O3S. The van der Waals surface area contributed by atoms with Crippen LogP contribution in [-0.2, 0) is 12.6 Å². The summed E-state index contributed by atoms with van der Waals surface area (Å²) >= 11 is 5.41. The van der Waals surface area contributed by atoms with Crippen molar-refractivity contribution in [1.29, 1.82) is 0 Å². The van der Waals surface area contributed by atoms with E-state index >= 15 is 0 Å². The van der Waals surface area contributed by atoms with Gasteiger partial charge in [-0.15, -0.1) is 0 Å². The van der Waals surface area contributed by atoms with Gasteiger partial charge >= 0.3 is 6.18 Å².